The molecule has 0 spiro atoms. The van der Waals surface area contributed by atoms with Crippen LogP contribution in [0.1, 0.15) is 15.9 Å². The van der Waals surface area contributed by atoms with Crippen molar-refractivity contribution < 1.29 is 13.2 Å². The van der Waals surface area contributed by atoms with Gasteiger partial charge >= 0.3 is 0 Å². The number of sulfonamides is 1. The summed E-state index contributed by atoms with van der Waals surface area (Å²) in [5.41, 5.74) is 2.70. The fourth-order valence-electron chi connectivity index (χ4n) is 3.22. The maximum Gasteiger partial charge on any atom is 0.261 e. The van der Waals surface area contributed by atoms with Gasteiger partial charge in [-0.1, -0.05) is 36.4 Å². The lowest BCUT2D eigenvalue weighted by atomic mass is 10.2. The predicted molar refractivity (Wildman–Crippen MR) is 123 cm³/mol. The average Bonchev–Trinajstić information content (AvgIpc) is 3.28. The molecule has 0 aliphatic heterocycles. The third kappa shape index (κ3) is 4.87. The average molecular weight is 447 g/mol. The molecule has 1 amide bonds. The van der Waals surface area contributed by atoms with Gasteiger partial charge in [0.05, 0.1) is 16.8 Å². The Balaban J connectivity index is 1.41. The summed E-state index contributed by atoms with van der Waals surface area (Å²) < 4.78 is 29.2. The van der Waals surface area contributed by atoms with Crippen LogP contribution in [0.4, 0.5) is 5.69 Å². The van der Waals surface area contributed by atoms with Gasteiger partial charge in [-0.15, -0.1) is 0 Å². The van der Waals surface area contributed by atoms with Crippen LogP contribution in [0.25, 0.3) is 5.69 Å². The van der Waals surface area contributed by atoms with Gasteiger partial charge in [-0.3, -0.25) is 9.52 Å². The number of anilines is 1. The first-order valence-electron chi connectivity index (χ1n) is 9.95. The monoisotopic (exact) mass is 446 g/mol. The molecule has 162 valence electrons. The Morgan fingerprint density at radius 2 is 1.56 bits per heavy atom. The number of hydrogen-bond donors (Lipinski definition) is 1. The lowest BCUT2D eigenvalue weighted by Crippen LogP contribution is -2.26. The number of aromatic nitrogens is 2. The Labute approximate surface area is 187 Å². The molecule has 3 aromatic carbocycles. The maximum atomic E-state index is 12.8. The lowest BCUT2D eigenvalue weighted by Gasteiger charge is -2.16. The third-order valence-electron chi connectivity index (χ3n) is 4.86. The number of amides is 1. The fourth-order valence-corrected chi connectivity index (χ4v) is 4.30. The molecule has 0 atom stereocenters. The molecule has 4 rings (SSSR count). The summed E-state index contributed by atoms with van der Waals surface area (Å²) >= 11 is 0. The van der Waals surface area contributed by atoms with Crippen molar-refractivity contribution in [2.24, 2.45) is 0 Å². The first kappa shape index (κ1) is 21.3. The number of carbonyl (C=O) groups excluding carboxylic acids is 1. The van der Waals surface area contributed by atoms with E-state index in [2.05, 4.69) is 9.82 Å². The van der Waals surface area contributed by atoms with Crippen LogP contribution < -0.4 is 4.72 Å². The zero-order valence-electron chi connectivity index (χ0n) is 17.4. The number of nitrogens with zero attached hydrogens (tertiary/aromatic N) is 3. The summed E-state index contributed by atoms with van der Waals surface area (Å²) in [6, 6.07) is 24.2. The number of para-hydroxylation sites is 1. The van der Waals surface area contributed by atoms with E-state index in [0.717, 1.165) is 11.3 Å². The molecule has 4 aromatic rings. The second-order valence-electron chi connectivity index (χ2n) is 7.29. The van der Waals surface area contributed by atoms with Gasteiger partial charge in [0, 0.05) is 36.6 Å². The van der Waals surface area contributed by atoms with E-state index in [4.69, 9.17) is 0 Å². The van der Waals surface area contributed by atoms with Crippen molar-refractivity contribution in [3.63, 3.8) is 0 Å². The molecule has 8 heteroatoms. The van der Waals surface area contributed by atoms with Gasteiger partial charge in [0.25, 0.3) is 15.9 Å². The Kier molecular flexibility index (Phi) is 6.04. The predicted octanol–water partition coefficient (Wildman–Crippen LogP) is 3.95. The van der Waals surface area contributed by atoms with Gasteiger partial charge in [-0.25, -0.2) is 13.1 Å². The summed E-state index contributed by atoms with van der Waals surface area (Å²) in [6.45, 7) is 0.397. The van der Waals surface area contributed by atoms with E-state index < -0.39 is 10.0 Å². The molecule has 0 saturated carbocycles. The standard InChI is InChI=1S/C24H22N4O3S/c1-27(17-19-16-25-28(18-19)22-8-4-2-5-9-22)24(29)20-12-14-21(15-13-20)26-32(30,31)23-10-6-3-7-11-23/h2-16,18,26H,17H2,1H3. The second kappa shape index (κ2) is 9.07. The minimum absolute atomic E-state index is 0.171. The van der Waals surface area contributed by atoms with Crippen LogP contribution in [-0.4, -0.2) is 36.1 Å². The lowest BCUT2D eigenvalue weighted by molar-refractivity contribution is 0.0785. The Morgan fingerprint density at radius 1 is 0.938 bits per heavy atom. The van der Waals surface area contributed by atoms with E-state index in [1.807, 2.05) is 36.5 Å². The van der Waals surface area contributed by atoms with Crippen molar-refractivity contribution in [3.05, 3.63) is 108 Å². The quantitative estimate of drug-likeness (QED) is 0.466. The summed E-state index contributed by atoms with van der Waals surface area (Å²) in [5, 5.41) is 4.36. The van der Waals surface area contributed by atoms with Gasteiger partial charge in [-0.05, 0) is 48.5 Å². The second-order valence-corrected chi connectivity index (χ2v) is 8.97. The highest BCUT2D eigenvalue weighted by Crippen LogP contribution is 2.18. The van der Waals surface area contributed by atoms with Crippen molar-refractivity contribution >= 4 is 21.6 Å². The highest BCUT2D eigenvalue weighted by Gasteiger charge is 2.16. The molecule has 32 heavy (non-hydrogen) atoms. The van der Waals surface area contributed by atoms with Crippen molar-refractivity contribution in [1.29, 1.82) is 0 Å². The first-order chi connectivity index (χ1) is 15.4. The normalized spacial score (nSPS) is 11.2. The van der Waals surface area contributed by atoms with E-state index in [9.17, 15) is 13.2 Å². The Hall–Kier alpha value is -3.91. The molecular weight excluding hydrogens is 424 g/mol. The molecule has 1 N–H and O–H groups in total. The number of carbonyl (C=O) groups is 1. The molecule has 1 heterocycles. The SMILES string of the molecule is CN(Cc1cnn(-c2ccccc2)c1)C(=O)c1ccc(NS(=O)(=O)c2ccccc2)cc1. The van der Waals surface area contributed by atoms with E-state index in [0.29, 0.717) is 17.8 Å². The summed E-state index contributed by atoms with van der Waals surface area (Å²) in [4.78, 5) is 14.6. The van der Waals surface area contributed by atoms with Crippen LogP contribution in [0.5, 0.6) is 0 Å². The summed E-state index contributed by atoms with van der Waals surface area (Å²) in [5.74, 6) is -0.171. The van der Waals surface area contributed by atoms with Crippen LogP contribution in [-0.2, 0) is 16.6 Å². The molecule has 0 bridgehead atoms. The molecule has 0 unspecified atom stereocenters. The van der Waals surface area contributed by atoms with Crippen molar-refractivity contribution in [1.82, 2.24) is 14.7 Å². The van der Waals surface area contributed by atoms with E-state index in [1.54, 1.807) is 65.3 Å². The number of rotatable bonds is 7. The van der Waals surface area contributed by atoms with Gasteiger partial charge in [0.1, 0.15) is 0 Å². The largest absolute Gasteiger partial charge is 0.337 e. The topological polar surface area (TPSA) is 84.3 Å². The van der Waals surface area contributed by atoms with Crippen molar-refractivity contribution in [2.45, 2.75) is 11.4 Å². The number of hydrogen-bond acceptors (Lipinski definition) is 4. The van der Waals surface area contributed by atoms with Crippen molar-refractivity contribution in [2.75, 3.05) is 11.8 Å². The van der Waals surface area contributed by atoms with Crippen LogP contribution >= 0.6 is 0 Å². The van der Waals surface area contributed by atoms with Crippen LogP contribution in [0.3, 0.4) is 0 Å². The van der Waals surface area contributed by atoms with Gasteiger partial charge in [-0.2, -0.15) is 5.10 Å². The molecule has 0 aliphatic rings. The summed E-state index contributed by atoms with van der Waals surface area (Å²) in [7, 11) is -1.96. The molecule has 1 aromatic heterocycles. The molecular formula is C24H22N4O3S. The van der Waals surface area contributed by atoms with Gasteiger partial charge in [0.2, 0.25) is 0 Å². The van der Waals surface area contributed by atoms with Crippen LogP contribution in [0.15, 0.2) is 102 Å². The van der Waals surface area contributed by atoms with Crippen molar-refractivity contribution in [3.8, 4) is 5.69 Å². The van der Waals surface area contributed by atoms with Gasteiger partial charge < -0.3 is 4.90 Å². The molecule has 7 nitrogen and oxygen atoms in total. The van der Waals surface area contributed by atoms with Crippen LogP contribution in [0, 0.1) is 0 Å². The third-order valence-corrected chi connectivity index (χ3v) is 6.26. The first-order valence-corrected chi connectivity index (χ1v) is 11.4. The summed E-state index contributed by atoms with van der Waals surface area (Å²) in [6.07, 6.45) is 3.62. The fraction of sp³-hybridized carbons (Fsp3) is 0.0833. The highest BCUT2D eigenvalue weighted by atomic mass is 32.2. The van der Waals surface area contributed by atoms with E-state index in [1.165, 1.54) is 12.1 Å². The number of benzene rings is 3. The Bertz CT molecular complexity index is 1300. The molecule has 0 radical (unpaired) electrons. The highest BCUT2D eigenvalue weighted by molar-refractivity contribution is 7.92. The van der Waals surface area contributed by atoms with Gasteiger partial charge in [0.15, 0.2) is 0 Å². The minimum Gasteiger partial charge on any atom is -0.337 e. The zero-order valence-corrected chi connectivity index (χ0v) is 18.2. The Morgan fingerprint density at radius 3 is 2.22 bits per heavy atom. The molecule has 0 fully saturated rings. The molecule has 0 saturated heterocycles. The minimum atomic E-state index is -3.68. The van der Waals surface area contributed by atoms with E-state index >= 15 is 0 Å². The maximum absolute atomic E-state index is 12.8. The number of nitrogens with one attached hydrogen (secondary N) is 1. The zero-order chi connectivity index (χ0) is 22.6. The smallest absolute Gasteiger partial charge is 0.261 e. The van der Waals surface area contributed by atoms with E-state index in [-0.39, 0.29) is 10.8 Å². The molecule has 0 aliphatic carbocycles. The van der Waals surface area contributed by atoms with Crippen LogP contribution in [0.2, 0.25) is 0 Å².